The summed E-state index contributed by atoms with van der Waals surface area (Å²) in [6.45, 7) is 6.61. The number of rotatable bonds is 3. The van der Waals surface area contributed by atoms with Crippen molar-refractivity contribution in [2.75, 3.05) is 13.1 Å². The zero-order valence-electron chi connectivity index (χ0n) is 16.1. The number of benzene rings is 1. The molecule has 1 aliphatic rings. The predicted octanol–water partition coefficient (Wildman–Crippen LogP) is 4.44. The maximum atomic E-state index is 13.4. The van der Waals surface area contributed by atoms with Crippen molar-refractivity contribution in [1.82, 2.24) is 19.7 Å². The average Bonchev–Trinajstić information content (AvgIpc) is 3.01. The van der Waals surface area contributed by atoms with Crippen LogP contribution in [0.1, 0.15) is 48.5 Å². The van der Waals surface area contributed by atoms with Gasteiger partial charge < -0.3 is 4.90 Å². The fourth-order valence-corrected chi connectivity index (χ4v) is 3.78. The van der Waals surface area contributed by atoms with E-state index in [1.54, 1.807) is 0 Å². The van der Waals surface area contributed by atoms with E-state index in [0.29, 0.717) is 0 Å². The quantitative estimate of drug-likeness (QED) is 0.692. The van der Waals surface area contributed by atoms with Gasteiger partial charge in [0.15, 0.2) is 0 Å². The molecule has 5 heteroatoms. The summed E-state index contributed by atoms with van der Waals surface area (Å²) in [4.78, 5) is 20.2. The zero-order chi connectivity index (χ0) is 18.8. The fraction of sp³-hybridized carbons (Fsp3) is 0.409. The zero-order valence-corrected chi connectivity index (χ0v) is 16.1. The standard InChI is InChI=1S/C22H26N4O/c1-3-26-15-17(14-23-26)21-13-19(18-12-16(2)8-9-20(18)24-21)22(27)25-10-6-4-5-7-11-25/h8-9,12-15H,3-7,10-11H2,1-2H3. The third-order valence-electron chi connectivity index (χ3n) is 5.34. The van der Waals surface area contributed by atoms with Crippen LogP contribution in [-0.2, 0) is 6.54 Å². The van der Waals surface area contributed by atoms with Crippen molar-refractivity contribution in [1.29, 1.82) is 0 Å². The molecule has 27 heavy (non-hydrogen) atoms. The Hall–Kier alpha value is -2.69. The molecule has 0 aliphatic carbocycles. The monoisotopic (exact) mass is 362 g/mol. The van der Waals surface area contributed by atoms with E-state index in [0.717, 1.165) is 65.8 Å². The van der Waals surface area contributed by atoms with Crippen LogP contribution in [0.25, 0.3) is 22.2 Å². The molecule has 3 aromatic rings. The minimum absolute atomic E-state index is 0.124. The van der Waals surface area contributed by atoms with Gasteiger partial charge in [0.1, 0.15) is 0 Å². The highest BCUT2D eigenvalue weighted by atomic mass is 16.2. The van der Waals surface area contributed by atoms with Gasteiger partial charge in [0, 0.05) is 36.8 Å². The molecule has 1 fully saturated rings. The second-order valence-electron chi connectivity index (χ2n) is 7.37. The number of carbonyl (C=O) groups excluding carboxylic acids is 1. The van der Waals surface area contributed by atoms with E-state index in [-0.39, 0.29) is 5.91 Å². The molecule has 5 nitrogen and oxygen atoms in total. The van der Waals surface area contributed by atoms with E-state index in [4.69, 9.17) is 4.98 Å². The first-order valence-electron chi connectivity index (χ1n) is 9.89. The molecule has 0 unspecified atom stereocenters. The van der Waals surface area contributed by atoms with Crippen LogP contribution >= 0.6 is 0 Å². The summed E-state index contributed by atoms with van der Waals surface area (Å²) in [5, 5.41) is 5.30. The first-order valence-corrected chi connectivity index (χ1v) is 9.89. The number of amides is 1. The van der Waals surface area contributed by atoms with Crippen molar-refractivity contribution in [3.8, 4) is 11.3 Å². The third kappa shape index (κ3) is 3.59. The lowest BCUT2D eigenvalue weighted by atomic mass is 10.0. The van der Waals surface area contributed by atoms with Crippen molar-refractivity contribution in [3.63, 3.8) is 0 Å². The number of aromatic nitrogens is 3. The number of likely N-dealkylation sites (tertiary alicyclic amines) is 1. The van der Waals surface area contributed by atoms with Crippen molar-refractivity contribution < 1.29 is 4.79 Å². The van der Waals surface area contributed by atoms with Crippen LogP contribution in [0.5, 0.6) is 0 Å². The maximum Gasteiger partial charge on any atom is 0.254 e. The molecule has 4 rings (SSSR count). The summed E-state index contributed by atoms with van der Waals surface area (Å²) >= 11 is 0. The number of fused-ring (bicyclic) bond motifs is 1. The molecule has 2 aromatic heterocycles. The van der Waals surface area contributed by atoms with Crippen molar-refractivity contribution in [2.24, 2.45) is 0 Å². The van der Waals surface area contributed by atoms with Gasteiger partial charge in [-0.25, -0.2) is 4.98 Å². The number of pyridine rings is 1. The van der Waals surface area contributed by atoms with Crippen LogP contribution in [0.15, 0.2) is 36.7 Å². The predicted molar refractivity (Wildman–Crippen MR) is 108 cm³/mol. The molecule has 140 valence electrons. The van der Waals surface area contributed by atoms with E-state index in [9.17, 15) is 4.79 Å². The molecule has 0 radical (unpaired) electrons. The van der Waals surface area contributed by atoms with Crippen molar-refractivity contribution in [2.45, 2.75) is 46.1 Å². The first kappa shape index (κ1) is 17.7. The van der Waals surface area contributed by atoms with Crippen LogP contribution < -0.4 is 0 Å². The van der Waals surface area contributed by atoms with Gasteiger partial charge in [0.25, 0.3) is 5.91 Å². The minimum Gasteiger partial charge on any atom is -0.339 e. The summed E-state index contributed by atoms with van der Waals surface area (Å²) in [6, 6.07) is 8.09. The summed E-state index contributed by atoms with van der Waals surface area (Å²) in [5.74, 6) is 0.124. The van der Waals surface area contributed by atoms with Gasteiger partial charge in [-0.15, -0.1) is 0 Å². The lowest BCUT2D eigenvalue weighted by molar-refractivity contribution is 0.0763. The summed E-state index contributed by atoms with van der Waals surface area (Å²) < 4.78 is 1.88. The summed E-state index contributed by atoms with van der Waals surface area (Å²) in [5.41, 5.74) is 4.51. The van der Waals surface area contributed by atoms with E-state index in [1.165, 1.54) is 12.8 Å². The molecule has 0 bridgehead atoms. The number of aryl methyl sites for hydroxylation is 2. The Morgan fingerprint density at radius 1 is 1.11 bits per heavy atom. The average molecular weight is 362 g/mol. The normalized spacial score (nSPS) is 15.1. The van der Waals surface area contributed by atoms with Gasteiger partial charge in [-0.1, -0.05) is 24.5 Å². The molecule has 1 amide bonds. The highest BCUT2D eigenvalue weighted by Gasteiger charge is 2.21. The minimum atomic E-state index is 0.124. The van der Waals surface area contributed by atoms with Crippen molar-refractivity contribution >= 4 is 16.8 Å². The molecular weight excluding hydrogens is 336 g/mol. The van der Waals surface area contributed by atoms with Gasteiger partial charge in [0.2, 0.25) is 0 Å². The highest BCUT2D eigenvalue weighted by Crippen LogP contribution is 2.27. The Morgan fingerprint density at radius 2 is 1.89 bits per heavy atom. The number of hydrogen-bond acceptors (Lipinski definition) is 3. The van der Waals surface area contributed by atoms with Crippen LogP contribution in [0.4, 0.5) is 0 Å². The van der Waals surface area contributed by atoms with E-state index >= 15 is 0 Å². The molecule has 1 aromatic carbocycles. The van der Waals surface area contributed by atoms with Gasteiger partial charge in [-0.05, 0) is 44.9 Å². The van der Waals surface area contributed by atoms with Gasteiger partial charge in [-0.2, -0.15) is 5.10 Å². The Labute approximate surface area is 160 Å². The smallest absolute Gasteiger partial charge is 0.254 e. The van der Waals surface area contributed by atoms with Crippen LogP contribution in [0.2, 0.25) is 0 Å². The molecular formula is C22H26N4O. The second-order valence-corrected chi connectivity index (χ2v) is 7.37. The Bertz CT molecular complexity index is 968. The summed E-state index contributed by atoms with van der Waals surface area (Å²) in [6.07, 6.45) is 8.41. The number of nitrogens with zero attached hydrogens (tertiary/aromatic N) is 4. The topological polar surface area (TPSA) is 51.0 Å². The Morgan fingerprint density at radius 3 is 2.59 bits per heavy atom. The first-order chi connectivity index (χ1) is 13.2. The molecule has 3 heterocycles. The molecule has 0 spiro atoms. The van der Waals surface area contributed by atoms with Gasteiger partial charge in [-0.3, -0.25) is 9.48 Å². The highest BCUT2D eigenvalue weighted by molar-refractivity contribution is 6.07. The van der Waals surface area contributed by atoms with E-state index in [2.05, 4.69) is 31.1 Å². The number of hydrogen-bond donors (Lipinski definition) is 0. The molecule has 0 atom stereocenters. The van der Waals surface area contributed by atoms with Crippen LogP contribution in [-0.4, -0.2) is 38.7 Å². The second kappa shape index (κ2) is 7.51. The number of carbonyl (C=O) groups is 1. The van der Waals surface area contributed by atoms with Crippen LogP contribution in [0, 0.1) is 6.92 Å². The van der Waals surface area contributed by atoms with E-state index < -0.39 is 0 Å². The van der Waals surface area contributed by atoms with Crippen molar-refractivity contribution in [3.05, 3.63) is 47.8 Å². The molecule has 0 saturated carbocycles. The lowest BCUT2D eigenvalue weighted by Gasteiger charge is -2.21. The van der Waals surface area contributed by atoms with E-state index in [1.807, 2.05) is 34.1 Å². The molecule has 1 saturated heterocycles. The SMILES string of the molecule is CCn1cc(-c2cc(C(=O)N3CCCCCC3)c3cc(C)ccc3n2)cn1. The molecule has 1 aliphatic heterocycles. The fourth-order valence-electron chi connectivity index (χ4n) is 3.78. The largest absolute Gasteiger partial charge is 0.339 e. The van der Waals surface area contributed by atoms with Gasteiger partial charge in [0.05, 0.1) is 23.0 Å². The van der Waals surface area contributed by atoms with Crippen LogP contribution in [0.3, 0.4) is 0 Å². The summed E-state index contributed by atoms with van der Waals surface area (Å²) in [7, 11) is 0. The Kier molecular flexibility index (Phi) is 4.92. The van der Waals surface area contributed by atoms with Gasteiger partial charge >= 0.3 is 0 Å². The lowest BCUT2D eigenvalue weighted by Crippen LogP contribution is -2.32. The molecule has 0 N–H and O–H groups in total. The maximum absolute atomic E-state index is 13.4. The Balaban J connectivity index is 1.83. The third-order valence-corrected chi connectivity index (χ3v) is 5.34.